The van der Waals surface area contributed by atoms with E-state index < -0.39 is 0 Å². The van der Waals surface area contributed by atoms with E-state index in [1.54, 1.807) is 12.3 Å². The molecule has 18 heavy (non-hydrogen) atoms. The smallest absolute Gasteiger partial charge is 0.165 e. The van der Waals surface area contributed by atoms with Crippen LogP contribution in [0.1, 0.15) is 17.8 Å². The second-order valence-corrected chi connectivity index (χ2v) is 4.26. The fraction of sp³-hybridized carbons (Fsp3) is 0.385. The summed E-state index contributed by atoms with van der Waals surface area (Å²) in [6.45, 7) is 5.50. The highest BCUT2D eigenvalue weighted by atomic mass is 19.1. The molecular formula is C13H17FN4. The summed E-state index contributed by atoms with van der Waals surface area (Å²) >= 11 is 0. The first-order chi connectivity index (χ1) is 8.66. The Morgan fingerprint density at radius 3 is 2.89 bits per heavy atom. The highest BCUT2D eigenvalue weighted by molar-refractivity contribution is 5.35. The molecule has 0 aliphatic heterocycles. The molecule has 2 rings (SSSR count). The van der Waals surface area contributed by atoms with Crippen molar-refractivity contribution in [3.05, 3.63) is 41.6 Å². The number of pyridine rings is 1. The molecule has 0 saturated heterocycles. The zero-order chi connectivity index (χ0) is 13.0. The van der Waals surface area contributed by atoms with Crippen LogP contribution in [0.5, 0.6) is 0 Å². The maximum atomic E-state index is 13.3. The minimum absolute atomic E-state index is 0.311. The van der Waals surface area contributed by atoms with Gasteiger partial charge in [-0.2, -0.15) is 5.10 Å². The molecule has 5 heteroatoms. The van der Waals surface area contributed by atoms with Gasteiger partial charge in [0.25, 0.3) is 0 Å². The molecule has 0 saturated carbocycles. The van der Waals surface area contributed by atoms with E-state index in [2.05, 4.69) is 15.4 Å². The molecule has 2 aromatic rings. The van der Waals surface area contributed by atoms with E-state index in [0.717, 1.165) is 24.4 Å². The SMILES string of the molecule is Cc1cc(C)n(CCCNc2ncccc2F)n1. The Hall–Kier alpha value is -1.91. The molecule has 2 heterocycles. The van der Waals surface area contributed by atoms with E-state index >= 15 is 0 Å². The van der Waals surface area contributed by atoms with Gasteiger partial charge in [-0.15, -0.1) is 0 Å². The molecule has 0 aromatic carbocycles. The Labute approximate surface area is 106 Å². The van der Waals surface area contributed by atoms with Crippen LogP contribution in [0, 0.1) is 19.7 Å². The molecule has 0 atom stereocenters. The van der Waals surface area contributed by atoms with Crippen molar-refractivity contribution in [2.45, 2.75) is 26.8 Å². The zero-order valence-corrected chi connectivity index (χ0v) is 10.7. The number of aromatic nitrogens is 3. The first-order valence-electron chi connectivity index (χ1n) is 6.02. The number of halogens is 1. The first-order valence-corrected chi connectivity index (χ1v) is 6.02. The van der Waals surface area contributed by atoms with Crippen molar-refractivity contribution >= 4 is 5.82 Å². The van der Waals surface area contributed by atoms with Gasteiger partial charge >= 0.3 is 0 Å². The molecule has 4 nitrogen and oxygen atoms in total. The summed E-state index contributed by atoms with van der Waals surface area (Å²) < 4.78 is 15.2. The summed E-state index contributed by atoms with van der Waals surface area (Å²) in [4.78, 5) is 3.94. The third-order valence-corrected chi connectivity index (χ3v) is 2.70. The molecule has 96 valence electrons. The van der Waals surface area contributed by atoms with Crippen LogP contribution in [0.2, 0.25) is 0 Å². The average Bonchev–Trinajstić information content (AvgIpc) is 2.65. The third kappa shape index (κ3) is 3.06. The van der Waals surface area contributed by atoms with Crippen LogP contribution >= 0.6 is 0 Å². The lowest BCUT2D eigenvalue weighted by Gasteiger charge is -2.07. The minimum atomic E-state index is -0.316. The van der Waals surface area contributed by atoms with Crippen molar-refractivity contribution in [2.75, 3.05) is 11.9 Å². The molecule has 0 radical (unpaired) electrons. The summed E-state index contributed by atoms with van der Waals surface area (Å²) in [6, 6.07) is 5.03. The van der Waals surface area contributed by atoms with Gasteiger partial charge in [0.1, 0.15) is 0 Å². The number of aryl methyl sites for hydroxylation is 3. The van der Waals surface area contributed by atoms with Gasteiger partial charge in [-0.1, -0.05) is 0 Å². The van der Waals surface area contributed by atoms with Crippen LogP contribution in [0.25, 0.3) is 0 Å². The summed E-state index contributed by atoms with van der Waals surface area (Å²) in [7, 11) is 0. The van der Waals surface area contributed by atoms with Gasteiger partial charge in [0.05, 0.1) is 5.69 Å². The normalized spacial score (nSPS) is 10.6. The van der Waals surface area contributed by atoms with Crippen LogP contribution in [0.15, 0.2) is 24.4 Å². The van der Waals surface area contributed by atoms with E-state index in [9.17, 15) is 4.39 Å². The largest absolute Gasteiger partial charge is 0.368 e. The minimum Gasteiger partial charge on any atom is -0.368 e. The monoisotopic (exact) mass is 248 g/mol. The van der Waals surface area contributed by atoms with Crippen molar-refractivity contribution in [1.29, 1.82) is 0 Å². The molecular weight excluding hydrogens is 231 g/mol. The van der Waals surface area contributed by atoms with Crippen LogP contribution < -0.4 is 5.32 Å². The van der Waals surface area contributed by atoms with Crippen molar-refractivity contribution in [3.63, 3.8) is 0 Å². The highest BCUT2D eigenvalue weighted by Crippen LogP contribution is 2.08. The first kappa shape index (κ1) is 12.5. The molecule has 0 bridgehead atoms. The summed E-state index contributed by atoms with van der Waals surface area (Å²) in [5.41, 5.74) is 2.17. The number of nitrogens with one attached hydrogen (secondary N) is 1. The molecule has 0 fully saturated rings. The lowest BCUT2D eigenvalue weighted by molar-refractivity contribution is 0.571. The number of hydrogen-bond acceptors (Lipinski definition) is 3. The fourth-order valence-electron chi connectivity index (χ4n) is 1.85. The van der Waals surface area contributed by atoms with Gasteiger partial charge in [0.2, 0.25) is 0 Å². The Kier molecular flexibility index (Phi) is 3.92. The maximum absolute atomic E-state index is 13.3. The number of rotatable bonds is 5. The van der Waals surface area contributed by atoms with Crippen LogP contribution in [0.3, 0.4) is 0 Å². The molecule has 0 spiro atoms. The van der Waals surface area contributed by atoms with Crippen LogP contribution in [-0.4, -0.2) is 21.3 Å². The standard InChI is InChI=1S/C13H17FN4/c1-10-9-11(2)18(17-10)8-4-7-16-13-12(14)5-3-6-15-13/h3,5-6,9H,4,7-8H2,1-2H3,(H,15,16). The third-order valence-electron chi connectivity index (χ3n) is 2.70. The molecule has 0 aliphatic rings. The summed E-state index contributed by atoms with van der Waals surface area (Å²) in [5, 5.41) is 7.35. The maximum Gasteiger partial charge on any atom is 0.165 e. The fourth-order valence-corrected chi connectivity index (χ4v) is 1.85. The molecule has 2 aromatic heterocycles. The number of hydrogen-bond donors (Lipinski definition) is 1. The lowest BCUT2D eigenvalue weighted by Crippen LogP contribution is -2.10. The molecule has 0 aliphatic carbocycles. The molecule has 0 amide bonds. The predicted octanol–water partition coefficient (Wildman–Crippen LogP) is 2.54. The molecule has 1 N–H and O–H groups in total. The van der Waals surface area contributed by atoms with Crippen molar-refractivity contribution < 1.29 is 4.39 Å². The van der Waals surface area contributed by atoms with E-state index in [1.165, 1.54) is 6.07 Å². The predicted molar refractivity (Wildman–Crippen MR) is 69.0 cm³/mol. The van der Waals surface area contributed by atoms with Crippen molar-refractivity contribution in [2.24, 2.45) is 0 Å². The van der Waals surface area contributed by atoms with Gasteiger partial charge in [0, 0.05) is 25.0 Å². The second kappa shape index (κ2) is 5.62. The number of nitrogens with zero attached hydrogens (tertiary/aromatic N) is 3. The number of anilines is 1. The summed E-state index contributed by atoms with van der Waals surface area (Å²) in [6.07, 6.45) is 2.45. The Balaban J connectivity index is 1.80. The molecule has 0 unspecified atom stereocenters. The van der Waals surface area contributed by atoms with Crippen molar-refractivity contribution in [3.8, 4) is 0 Å². The van der Waals surface area contributed by atoms with E-state index in [-0.39, 0.29) is 5.82 Å². The van der Waals surface area contributed by atoms with Gasteiger partial charge in [-0.05, 0) is 38.5 Å². The van der Waals surface area contributed by atoms with Gasteiger partial charge in [-0.3, -0.25) is 4.68 Å². The lowest BCUT2D eigenvalue weighted by atomic mass is 10.3. The van der Waals surface area contributed by atoms with Gasteiger partial charge in [-0.25, -0.2) is 9.37 Å². The zero-order valence-electron chi connectivity index (χ0n) is 10.7. The van der Waals surface area contributed by atoms with Gasteiger partial charge in [0.15, 0.2) is 11.6 Å². The van der Waals surface area contributed by atoms with E-state index in [1.807, 2.05) is 24.6 Å². The Morgan fingerprint density at radius 2 is 2.22 bits per heavy atom. The van der Waals surface area contributed by atoms with E-state index in [4.69, 9.17) is 0 Å². The van der Waals surface area contributed by atoms with Gasteiger partial charge < -0.3 is 5.32 Å². The van der Waals surface area contributed by atoms with Crippen molar-refractivity contribution in [1.82, 2.24) is 14.8 Å². The Bertz CT molecular complexity index is 521. The quantitative estimate of drug-likeness (QED) is 0.827. The van der Waals surface area contributed by atoms with E-state index in [0.29, 0.717) is 12.4 Å². The topological polar surface area (TPSA) is 42.7 Å². The highest BCUT2D eigenvalue weighted by Gasteiger charge is 2.02. The van der Waals surface area contributed by atoms with Crippen LogP contribution in [-0.2, 0) is 6.54 Å². The average molecular weight is 248 g/mol. The summed E-state index contributed by atoms with van der Waals surface area (Å²) in [5.74, 6) is -0.00511. The van der Waals surface area contributed by atoms with Crippen LogP contribution in [0.4, 0.5) is 10.2 Å². The Morgan fingerprint density at radius 1 is 1.39 bits per heavy atom. The second-order valence-electron chi connectivity index (χ2n) is 4.26.